The van der Waals surface area contributed by atoms with Crippen molar-refractivity contribution in [1.29, 1.82) is 5.41 Å². The summed E-state index contributed by atoms with van der Waals surface area (Å²) in [6.07, 6.45) is 0. The van der Waals surface area contributed by atoms with Gasteiger partial charge in [-0.3, -0.25) is 10.4 Å². The predicted molar refractivity (Wildman–Crippen MR) is 48.2 cm³/mol. The van der Waals surface area contributed by atoms with Crippen molar-refractivity contribution in [3.05, 3.63) is 4.91 Å². The van der Waals surface area contributed by atoms with E-state index >= 15 is 0 Å². The molecule has 0 saturated carbocycles. The Bertz CT molecular complexity index is 295. The molecule has 1 heterocycles. The molecule has 0 amide bonds. The zero-order valence-corrected chi connectivity index (χ0v) is 7.24. The van der Waals surface area contributed by atoms with Gasteiger partial charge in [-0.25, -0.2) is 0 Å². The summed E-state index contributed by atoms with van der Waals surface area (Å²) in [4.78, 5) is 17.8. The van der Waals surface area contributed by atoms with Crippen molar-refractivity contribution in [3.63, 3.8) is 0 Å². The van der Waals surface area contributed by atoms with Crippen molar-refractivity contribution in [3.8, 4) is 0 Å². The van der Waals surface area contributed by atoms with Crippen LogP contribution in [0.2, 0.25) is 0 Å². The predicted octanol–water partition coefficient (Wildman–Crippen LogP) is -0.267. The van der Waals surface area contributed by atoms with Crippen molar-refractivity contribution in [2.75, 3.05) is 14.2 Å². The van der Waals surface area contributed by atoms with Gasteiger partial charge in [-0.2, -0.15) is 4.99 Å². The van der Waals surface area contributed by atoms with Gasteiger partial charge in [0.1, 0.15) is 5.84 Å². The zero-order valence-electron chi connectivity index (χ0n) is 7.24. The van der Waals surface area contributed by atoms with Gasteiger partial charge in [0.2, 0.25) is 17.9 Å². The Kier molecular flexibility index (Phi) is 2.68. The summed E-state index contributed by atoms with van der Waals surface area (Å²) >= 11 is 0. The Labute approximate surface area is 74.4 Å². The molecule has 7 nitrogen and oxygen atoms in total. The molecular weight excluding hydrogens is 174 g/mol. The Morgan fingerprint density at radius 3 is 2.85 bits per heavy atom. The molecule has 70 valence electrons. The lowest BCUT2D eigenvalue weighted by Crippen LogP contribution is -2.46. The van der Waals surface area contributed by atoms with Gasteiger partial charge >= 0.3 is 0 Å². The average Bonchev–Trinajstić information content (AvgIpc) is 2.16. The number of hydrogen-bond acceptors (Lipinski definition) is 5. The largest absolute Gasteiger partial charge is 0.482 e. The molecule has 0 aromatic heterocycles. The summed E-state index contributed by atoms with van der Waals surface area (Å²) in [5, 5.41) is 12.5. The van der Waals surface area contributed by atoms with Crippen molar-refractivity contribution < 1.29 is 4.74 Å². The Balaban J connectivity index is 3.05. The van der Waals surface area contributed by atoms with Gasteiger partial charge in [0.25, 0.3) is 0 Å². The average molecular weight is 183 g/mol. The van der Waals surface area contributed by atoms with Crippen LogP contribution in [0, 0.1) is 10.3 Å². The molecule has 0 aliphatic carbocycles. The molecule has 2 N–H and O–H groups in total. The van der Waals surface area contributed by atoms with Crippen LogP contribution in [0.5, 0.6) is 0 Å². The number of guanidine groups is 1. The van der Waals surface area contributed by atoms with Crippen molar-refractivity contribution >= 4 is 17.7 Å². The van der Waals surface area contributed by atoms with Crippen molar-refractivity contribution in [2.24, 2.45) is 15.2 Å². The van der Waals surface area contributed by atoms with Crippen LogP contribution in [0.4, 0.5) is 0 Å². The lowest BCUT2D eigenvalue weighted by Gasteiger charge is -2.19. The molecule has 0 fully saturated rings. The van der Waals surface area contributed by atoms with Crippen LogP contribution < -0.4 is 5.32 Å². The Morgan fingerprint density at radius 2 is 2.38 bits per heavy atom. The fourth-order valence-corrected chi connectivity index (χ4v) is 0.936. The highest BCUT2D eigenvalue weighted by atomic mass is 16.5. The third kappa shape index (κ3) is 1.68. The molecule has 1 aliphatic rings. The first kappa shape index (κ1) is 9.30. The summed E-state index contributed by atoms with van der Waals surface area (Å²) in [5.74, 6) is 0.239. The van der Waals surface area contributed by atoms with Crippen molar-refractivity contribution in [1.82, 2.24) is 5.32 Å². The number of aliphatic imine (C=N–C) groups is 2. The Morgan fingerprint density at radius 1 is 1.69 bits per heavy atom. The maximum Gasteiger partial charge on any atom is 0.228 e. The number of methoxy groups -OCH3 is 1. The topological polar surface area (TPSA) is 99.3 Å². The fourth-order valence-electron chi connectivity index (χ4n) is 0.936. The van der Waals surface area contributed by atoms with Crippen molar-refractivity contribution in [2.45, 2.75) is 6.04 Å². The lowest BCUT2D eigenvalue weighted by molar-refractivity contribution is 0.389. The number of rotatable bonds is 1. The van der Waals surface area contributed by atoms with Gasteiger partial charge in [0.05, 0.1) is 7.11 Å². The molecule has 1 atom stereocenters. The first-order chi connectivity index (χ1) is 6.22. The summed E-state index contributed by atoms with van der Waals surface area (Å²) in [5.41, 5.74) is 0. The van der Waals surface area contributed by atoms with E-state index in [2.05, 4.69) is 20.5 Å². The van der Waals surface area contributed by atoms with E-state index in [4.69, 9.17) is 10.1 Å². The van der Waals surface area contributed by atoms with Gasteiger partial charge in [-0.1, -0.05) is 0 Å². The number of hydrogen-bond donors (Lipinski definition) is 2. The van der Waals surface area contributed by atoms with Crippen LogP contribution in [0.25, 0.3) is 0 Å². The van der Waals surface area contributed by atoms with E-state index in [9.17, 15) is 4.91 Å². The molecule has 13 heavy (non-hydrogen) atoms. The second kappa shape index (κ2) is 3.74. The van der Waals surface area contributed by atoms with Gasteiger partial charge in [0.15, 0.2) is 0 Å². The Hall–Kier alpha value is -1.79. The second-order valence-corrected chi connectivity index (χ2v) is 2.24. The van der Waals surface area contributed by atoms with E-state index in [0.29, 0.717) is 0 Å². The minimum atomic E-state index is -0.871. The summed E-state index contributed by atoms with van der Waals surface area (Å²) in [7, 11) is 2.86. The second-order valence-electron chi connectivity index (χ2n) is 2.24. The lowest BCUT2D eigenvalue weighted by atomic mass is 10.2. The molecule has 0 radical (unpaired) electrons. The smallest absolute Gasteiger partial charge is 0.228 e. The van der Waals surface area contributed by atoms with Gasteiger partial charge < -0.3 is 10.1 Å². The quantitative estimate of drug-likeness (QED) is 0.547. The van der Waals surface area contributed by atoms with Gasteiger partial charge in [-0.15, -0.1) is 4.91 Å². The third-order valence-corrected chi connectivity index (χ3v) is 1.52. The van der Waals surface area contributed by atoms with E-state index < -0.39 is 6.04 Å². The van der Waals surface area contributed by atoms with E-state index in [-0.39, 0.29) is 17.7 Å². The van der Waals surface area contributed by atoms with E-state index in [1.54, 1.807) is 0 Å². The summed E-state index contributed by atoms with van der Waals surface area (Å²) in [6, 6.07) is -0.871. The minimum absolute atomic E-state index is 0.0827. The number of nitrogens with one attached hydrogen (secondary N) is 2. The molecule has 0 spiro atoms. The van der Waals surface area contributed by atoms with E-state index in [0.717, 1.165) is 0 Å². The molecule has 1 unspecified atom stereocenters. The molecule has 1 aliphatic heterocycles. The maximum absolute atomic E-state index is 10.4. The molecular formula is C6H9N5O2. The third-order valence-electron chi connectivity index (χ3n) is 1.52. The number of nitroso groups, excluding NO2 is 1. The highest BCUT2D eigenvalue weighted by Crippen LogP contribution is 2.03. The number of ether oxygens (including phenoxy) is 1. The normalized spacial score (nSPS) is 25.1. The minimum Gasteiger partial charge on any atom is -0.482 e. The molecule has 0 aromatic carbocycles. The van der Waals surface area contributed by atoms with Crippen LogP contribution in [-0.4, -0.2) is 37.9 Å². The highest BCUT2D eigenvalue weighted by Gasteiger charge is 2.29. The standard InChI is InChI=1S/C6H9N5O2/c1-8-4-3(11-12)5(13-2)10-6(7)9-4/h3H,1-2H3,(H2,7,8,9). The summed E-state index contributed by atoms with van der Waals surface area (Å²) < 4.78 is 4.79. The first-order valence-electron chi connectivity index (χ1n) is 3.50. The molecule has 0 aromatic rings. The van der Waals surface area contributed by atoms with Crippen LogP contribution in [0.1, 0.15) is 0 Å². The summed E-state index contributed by atoms with van der Waals surface area (Å²) in [6.45, 7) is 0. The monoisotopic (exact) mass is 183 g/mol. The van der Waals surface area contributed by atoms with E-state index in [1.807, 2.05) is 0 Å². The van der Waals surface area contributed by atoms with Crippen LogP contribution >= 0.6 is 0 Å². The van der Waals surface area contributed by atoms with Gasteiger partial charge in [-0.05, 0) is 5.18 Å². The zero-order chi connectivity index (χ0) is 9.84. The fraction of sp³-hybridized carbons (Fsp3) is 0.500. The van der Waals surface area contributed by atoms with Crippen LogP contribution in [0.15, 0.2) is 15.2 Å². The van der Waals surface area contributed by atoms with Crippen LogP contribution in [0.3, 0.4) is 0 Å². The molecule has 1 rings (SSSR count). The van der Waals surface area contributed by atoms with Crippen LogP contribution in [-0.2, 0) is 4.74 Å². The molecule has 0 saturated heterocycles. The molecule has 0 bridgehead atoms. The van der Waals surface area contributed by atoms with Gasteiger partial charge in [0, 0.05) is 7.05 Å². The highest BCUT2D eigenvalue weighted by molar-refractivity contribution is 6.19. The molecule has 7 heteroatoms. The van der Waals surface area contributed by atoms with E-state index in [1.165, 1.54) is 14.2 Å². The SMILES string of the molecule is CN=C1NC(=N)N=C(OC)C1N=O. The number of nitrogens with zero attached hydrogens (tertiary/aromatic N) is 3. The first-order valence-corrected chi connectivity index (χ1v) is 3.50. The maximum atomic E-state index is 10.4. The number of amidine groups is 1.